The molecule has 1 N–H and O–H groups in total. The lowest BCUT2D eigenvalue weighted by Gasteiger charge is -2.45. The van der Waals surface area contributed by atoms with Crippen LogP contribution >= 0.6 is 0 Å². The van der Waals surface area contributed by atoms with Crippen LogP contribution in [-0.4, -0.2) is 77.7 Å². The minimum Gasteiger partial charge on any atom is -0.478 e. The number of esters is 5. The molecular formula is C27H40O13. The summed E-state index contributed by atoms with van der Waals surface area (Å²) in [7, 11) is 0. The molecule has 1 rings (SSSR count). The summed E-state index contributed by atoms with van der Waals surface area (Å²) in [6, 6.07) is 0. The fraction of sp³-hybridized carbons (Fsp3) is 0.704. The summed E-state index contributed by atoms with van der Waals surface area (Å²) in [6.45, 7) is 8.35. The van der Waals surface area contributed by atoms with E-state index in [1.54, 1.807) is 27.7 Å². The van der Waals surface area contributed by atoms with Gasteiger partial charge in [0.2, 0.25) is 12.4 Å². The molecule has 1 aliphatic heterocycles. The molecule has 226 valence electrons. The highest BCUT2D eigenvalue weighted by molar-refractivity contribution is 5.90. The van der Waals surface area contributed by atoms with E-state index >= 15 is 0 Å². The maximum atomic E-state index is 12.7. The lowest BCUT2D eigenvalue weighted by atomic mass is 9.94. The molecule has 0 saturated carbocycles. The third-order valence-corrected chi connectivity index (χ3v) is 5.52. The normalized spacial score (nSPS) is 23.1. The van der Waals surface area contributed by atoms with Crippen molar-refractivity contribution in [1.29, 1.82) is 0 Å². The summed E-state index contributed by atoms with van der Waals surface area (Å²) >= 11 is 0. The van der Waals surface area contributed by atoms with Crippen molar-refractivity contribution in [2.75, 3.05) is 0 Å². The lowest BCUT2D eigenvalue weighted by molar-refractivity contribution is -0.308. The Labute approximate surface area is 233 Å². The molecule has 0 aliphatic carbocycles. The van der Waals surface area contributed by atoms with E-state index in [9.17, 15) is 28.8 Å². The first-order chi connectivity index (χ1) is 19.0. The van der Waals surface area contributed by atoms with Crippen molar-refractivity contribution in [3.05, 3.63) is 12.2 Å². The van der Waals surface area contributed by atoms with Crippen LogP contribution in [-0.2, 0) is 57.2 Å². The second kappa shape index (κ2) is 18.0. The molecule has 0 radical (unpaired) electrons. The zero-order chi connectivity index (χ0) is 30.2. The van der Waals surface area contributed by atoms with Gasteiger partial charge in [0.05, 0.1) is 0 Å². The Bertz CT molecular complexity index is 912. The molecule has 0 aromatic rings. The van der Waals surface area contributed by atoms with E-state index in [1.165, 1.54) is 6.92 Å². The van der Waals surface area contributed by atoms with Gasteiger partial charge >= 0.3 is 35.8 Å². The van der Waals surface area contributed by atoms with E-state index in [0.717, 1.165) is 0 Å². The third-order valence-electron chi connectivity index (χ3n) is 5.52. The molecule has 1 aliphatic rings. The SMILES string of the molecule is CCCC(=O)O[C@@H]1O[C@H](C(C)OC(=O)/C=C/C(=O)O)[C@@H](OC(=O)CCC)[C@H](OC(=O)CCC)[C@H]1OC(=O)CCC. The van der Waals surface area contributed by atoms with Gasteiger partial charge < -0.3 is 33.5 Å². The molecule has 1 heterocycles. The first-order valence-electron chi connectivity index (χ1n) is 13.5. The van der Waals surface area contributed by atoms with Crippen LogP contribution in [0.25, 0.3) is 0 Å². The van der Waals surface area contributed by atoms with Crippen molar-refractivity contribution in [2.45, 2.75) is 123 Å². The number of carboxylic acids is 1. The summed E-state index contributed by atoms with van der Waals surface area (Å²) in [5, 5.41) is 8.79. The van der Waals surface area contributed by atoms with Crippen molar-refractivity contribution < 1.29 is 62.3 Å². The van der Waals surface area contributed by atoms with Gasteiger partial charge in [-0.2, -0.15) is 0 Å². The second-order valence-electron chi connectivity index (χ2n) is 9.14. The number of carboxylic acid groups (broad SMARTS) is 1. The van der Waals surface area contributed by atoms with Gasteiger partial charge in [-0.15, -0.1) is 0 Å². The van der Waals surface area contributed by atoms with Gasteiger partial charge in [0.1, 0.15) is 12.2 Å². The summed E-state index contributed by atoms with van der Waals surface area (Å²) in [4.78, 5) is 73.3. The number of ether oxygens (including phenoxy) is 6. The third kappa shape index (κ3) is 11.7. The highest BCUT2D eigenvalue weighted by Crippen LogP contribution is 2.33. The van der Waals surface area contributed by atoms with Gasteiger partial charge in [0.15, 0.2) is 12.2 Å². The minimum atomic E-state index is -1.61. The van der Waals surface area contributed by atoms with Crippen LogP contribution in [0.2, 0.25) is 0 Å². The highest BCUT2D eigenvalue weighted by atomic mass is 16.7. The van der Waals surface area contributed by atoms with E-state index < -0.39 is 72.6 Å². The number of hydrogen-bond donors (Lipinski definition) is 1. The number of aliphatic carboxylic acids is 1. The Morgan fingerprint density at radius 2 is 1.10 bits per heavy atom. The van der Waals surface area contributed by atoms with E-state index in [4.69, 9.17) is 33.5 Å². The van der Waals surface area contributed by atoms with Crippen molar-refractivity contribution >= 4 is 35.8 Å². The molecule has 13 nitrogen and oxygen atoms in total. The minimum absolute atomic E-state index is 0.000120. The predicted molar refractivity (Wildman–Crippen MR) is 136 cm³/mol. The molecule has 13 heteroatoms. The van der Waals surface area contributed by atoms with Crippen molar-refractivity contribution in [1.82, 2.24) is 0 Å². The first kappa shape index (κ1) is 34.5. The van der Waals surface area contributed by atoms with Gasteiger partial charge in [-0.3, -0.25) is 19.2 Å². The lowest BCUT2D eigenvalue weighted by Crippen LogP contribution is -2.64. The second-order valence-corrected chi connectivity index (χ2v) is 9.14. The number of carbonyl (C=O) groups excluding carboxylic acids is 5. The van der Waals surface area contributed by atoms with E-state index in [-0.39, 0.29) is 25.7 Å². The highest BCUT2D eigenvalue weighted by Gasteiger charge is 2.55. The zero-order valence-electron chi connectivity index (χ0n) is 23.6. The molecule has 0 amide bonds. The quantitative estimate of drug-likeness (QED) is 0.162. The molecule has 0 aromatic carbocycles. The standard InChI is InChI=1S/C27H40O13/c1-6-10-18(30)36-24-23(16(5)35-22(34)15-14-17(28)29)40-27(39-21(33)13-9-4)26(38-20(32)12-8-3)25(24)37-19(31)11-7-2/h14-16,23-27H,6-13H2,1-5H3,(H,28,29)/b15-14+/t16?,23-,24-,25+,26-,27-/m1/s1. The van der Waals surface area contributed by atoms with Crippen LogP contribution in [0.4, 0.5) is 0 Å². The van der Waals surface area contributed by atoms with Crippen LogP contribution in [0.3, 0.4) is 0 Å². The average Bonchev–Trinajstić information content (AvgIpc) is 2.86. The Kier molecular flexibility index (Phi) is 15.5. The maximum absolute atomic E-state index is 12.7. The number of hydrogen-bond acceptors (Lipinski definition) is 12. The zero-order valence-corrected chi connectivity index (χ0v) is 23.6. The summed E-state index contributed by atoms with van der Waals surface area (Å²) in [5.74, 6) is -5.22. The number of rotatable bonds is 16. The van der Waals surface area contributed by atoms with Crippen LogP contribution in [0, 0.1) is 0 Å². The summed E-state index contributed by atoms with van der Waals surface area (Å²) in [5.41, 5.74) is 0. The van der Waals surface area contributed by atoms with Gasteiger partial charge in [-0.1, -0.05) is 27.7 Å². The van der Waals surface area contributed by atoms with Crippen LogP contribution in [0.5, 0.6) is 0 Å². The van der Waals surface area contributed by atoms with E-state index in [2.05, 4.69) is 0 Å². The number of carbonyl (C=O) groups is 6. The molecule has 0 spiro atoms. The van der Waals surface area contributed by atoms with E-state index in [0.29, 0.717) is 37.8 Å². The van der Waals surface area contributed by atoms with Gasteiger partial charge in [0, 0.05) is 37.8 Å². The topological polar surface area (TPSA) is 178 Å². The fourth-order valence-electron chi connectivity index (χ4n) is 3.77. The van der Waals surface area contributed by atoms with Gasteiger partial charge in [-0.25, -0.2) is 9.59 Å². The van der Waals surface area contributed by atoms with Gasteiger partial charge in [-0.05, 0) is 32.6 Å². The molecule has 1 saturated heterocycles. The van der Waals surface area contributed by atoms with Crippen molar-refractivity contribution in [2.24, 2.45) is 0 Å². The van der Waals surface area contributed by atoms with Crippen LogP contribution in [0.1, 0.15) is 86.0 Å². The van der Waals surface area contributed by atoms with Crippen LogP contribution in [0.15, 0.2) is 12.2 Å². The van der Waals surface area contributed by atoms with Gasteiger partial charge in [0.25, 0.3) is 0 Å². The smallest absolute Gasteiger partial charge is 0.331 e. The Morgan fingerprint density at radius 3 is 1.55 bits per heavy atom. The summed E-state index contributed by atoms with van der Waals surface area (Å²) < 4.78 is 33.5. The molecule has 0 aromatic heterocycles. The molecule has 40 heavy (non-hydrogen) atoms. The fourth-order valence-corrected chi connectivity index (χ4v) is 3.77. The predicted octanol–water partition coefficient (Wildman–Crippen LogP) is 2.76. The Morgan fingerprint density at radius 1 is 0.675 bits per heavy atom. The van der Waals surface area contributed by atoms with Crippen molar-refractivity contribution in [3.8, 4) is 0 Å². The molecule has 6 atom stereocenters. The molecule has 1 fully saturated rings. The maximum Gasteiger partial charge on any atom is 0.331 e. The molecular weight excluding hydrogens is 532 g/mol. The van der Waals surface area contributed by atoms with Crippen LogP contribution < -0.4 is 0 Å². The molecule has 1 unspecified atom stereocenters. The Balaban J connectivity index is 3.59. The largest absolute Gasteiger partial charge is 0.478 e. The Hall–Kier alpha value is -3.48. The average molecular weight is 573 g/mol. The van der Waals surface area contributed by atoms with E-state index in [1.807, 2.05) is 0 Å². The monoisotopic (exact) mass is 572 g/mol. The summed E-state index contributed by atoms with van der Waals surface area (Å²) in [6.07, 6.45) is -5.74. The first-order valence-corrected chi connectivity index (χ1v) is 13.5. The molecule has 0 bridgehead atoms. The van der Waals surface area contributed by atoms with Crippen molar-refractivity contribution in [3.63, 3.8) is 0 Å².